The highest BCUT2D eigenvalue weighted by atomic mass is 35.5. The summed E-state index contributed by atoms with van der Waals surface area (Å²) >= 11 is 12.2. The van der Waals surface area contributed by atoms with Crippen LogP contribution in [0.15, 0.2) is 23.3 Å². The van der Waals surface area contributed by atoms with Gasteiger partial charge in [0, 0.05) is 5.03 Å². The number of carbonyl (C=O) groups excluding carboxylic acids is 1. The lowest BCUT2D eigenvalue weighted by atomic mass is 9.92. The lowest BCUT2D eigenvalue weighted by Crippen LogP contribution is -2.22. The maximum atomic E-state index is 10.4. The van der Waals surface area contributed by atoms with Gasteiger partial charge in [-0.2, -0.15) is 0 Å². The van der Waals surface area contributed by atoms with Crippen molar-refractivity contribution in [3.05, 3.63) is 23.3 Å². The van der Waals surface area contributed by atoms with E-state index in [4.69, 9.17) is 23.2 Å². The molecular formula is C10H11Cl2O. The molecule has 0 saturated heterocycles. The summed E-state index contributed by atoms with van der Waals surface area (Å²) in [5.41, 5.74) is 0. The Morgan fingerprint density at radius 3 is 2.85 bits per heavy atom. The SMILES string of the molecule is CCCC1(Cl)C=CC([C]=O)C=C1Cl. The van der Waals surface area contributed by atoms with Crippen molar-refractivity contribution in [1.29, 1.82) is 0 Å². The highest BCUT2D eigenvalue weighted by molar-refractivity contribution is 6.40. The van der Waals surface area contributed by atoms with Crippen LogP contribution < -0.4 is 0 Å². The van der Waals surface area contributed by atoms with E-state index in [-0.39, 0.29) is 5.92 Å². The van der Waals surface area contributed by atoms with E-state index in [0.717, 1.165) is 12.8 Å². The van der Waals surface area contributed by atoms with Gasteiger partial charge in [0.05, 0.1) is 10.8 Å². The number of hydrogen-bond donors (Lipinski definition) is 0. The third-order valence-electron chi connectivity index (χ3n) is 2.04. The van der Waals surface area contributed by atoms with E-state index in [1.165, 1.54) is 0 Å². The number of rotatable bonds is 3. The first-order valence-corrected chi connectivity index (χ1v) is 5.01. The number of halogens is 2. The Morgan fingerprint density at radius 2 is 2.38 bits per heavy atom. The molecule has 1 nitrogen and oxygen atoms in total. The fraction of sp³-hybridized carbons (Fsp3) is 0.500. The molecule has 3 heteroatoms. The second-order valence-corrected chi connectivity index (χ2v) is 4.21. The first-order chi connectivity index (χ1) is 6.12. The molecule has 1 rings (SSSR count). The van der Waals surface area contributed by atoms with Gasteiger partial charge in [-0.15, -0.1) is 11.6 Å². The molecule has 71 valence electrons. The summed E-state index contributed by atoms with van der Waals surface area (Å²) in [7, 11) is 0. The zero-order valence-electron chi connectivity index (χ0n) is 7.39. The van der Waals surface area contributed by atoms with Gasteiger partial charge in [0.2, 0.25) is 6.29 Å². The monoisotopic (exact) mass is 217 g/mol. The first kappa shape index (κ1) is 10.8. The Bertz CT molecular complexity index is 258. The van der Waals surface area contributed by atoms with E-state index in [9.17, 15) is 4.79 Å². The Kier molecular flexibility index (Phi) is 3.57. The Labute approximate surface area is 88.4 Å². The van der Waals surface area contributed by atoms with Crippen LogP contribution in [-0.2, 0) is 4.79 Å². The van der Waals surface area contributed by atoms with Crippen LogP contribution in [0.2, 0.25) is 0 Å². The molecule has 1 aliphatic carbocycles. The average molecular weight is 218 g/mol. The molecule has 1 radical (unpaired) electrons. The summed E-state index contributed by atoms with van der Waals surface area (Å²) in [5.74, 6) is -0.337. The highest BCUT2D eigenvalue weighted by Gasteiger charge is 2.30. The van der Waals surface area contributed by atoms with Crippen LogP contribution in [0.5, 0.6) is 0 Å². The van der Waals surface area contributed by atoms with Gasteiger partial charge in [-0.05, 0) is 6.42 Å². The number of alkyl halides is 1. The Hall–Kier alpha value is -0.270. The minimum absolute atomic E-state index is 0.337. The Morgan fingerprint density at radius 1 is 1.69 bits per heavy atom. The third kappa shape index (κ3) is 2.35. The molecule has 0 saturated carbocycles. The predicted octanol–water partition coefficient (Wildman–Crippen LogP) is 3.18. The van der Waals surface area contributed by atoms with Crippen LogP contribution in [0.25, 0.3) is 0 Å². The van der Waals surface area contributed by atoms with Gasteiger partial charge in [0.1, 0.15) is 0 Å². The molecule has 0 aromatic rings. The lowest BCUT2D eigenvalue weighted by molar-refractivity contribution is 0.546. The fourth-order valence-corrected chi connectivity index (χ4v) is 1.95. The van der Waals surface area contributed by atoms with Gasteiger partial charge < -0.3 is 0 Å². The van der Waals surface area contributed by atoms with Crippen molar-refractivity contribution in [2.45, 2.75) is 24.6 Å². The molecule has 0 spiro atoms. The molecule has 1 aliphatic rings. The van der Waals surface area contributed by atoms with Crippen molar-refractivity contribution in [3.8, 4) is 0 Å². The predicted molar refractivity (Wildman–Crippen MR) is 55.8 cm³/mol. The summed E-state index contributed by atoms with van der Waals surface area (Å²) in [4.78, 5) is 9.76. The molecule has 0 aromatic heterocycles. The van der Waals surface area contributed by atoms with Crippen molar-refractivity contribution >= 4 is 29.5 Å². The minimum Gasteiger partial charge on any atom is -0.290 e. The molecular weight excluding hydrogens is 207 g/mol. The largest absolute Gasteiger partial charge is 0.290 e. The molecule has 0 amide bonds. The van der Waals surface area contributed by atoms with Crippen LogP contribution in [-0.4, -0.2) is 11.2 Å². The molecule has 0 heterocycles. The number of allylic oxidation sites excluding steroid dienone is 4. The zero-order valence-corrected chi connectivity index (χ0v) is 8.90. The van der Waals surface area contributed by atoms with Crippen molar-refractivity contribution in [1.82, 2.24) is 0 Å². The van der Waals surface area contributed by atoms with Gasteiger partial charge in [-0.25, -0.2) is 0 Å². The van der Waals surface area contributed by atoms with E-state index < -0.39 is 4.87 Å². The van der Waals surface area contributed by atoms with Crippen LogP contribution in [0.1, 0.15) is 19.8 Å². The zero-order chi connectivity index (χ0) is 9.90. The topological polar surface area (TPSA) is 17.1 Å². The maximum Gasteiger partial charge on any atom is 0.209 e. The fourth-order valence-electron chi connectivity index (χ4n) is 1.33. The lowest BCUT2D eigenvalue weighted by Gasteiger charge is -2.26. The van der Waals surface area contributed by atoms with Crippen molar-refractivity contribution < 1.29 is 4.79 Å². The summed E-state index contributed by atoms with van der Waals surface area (Å²) in [5, 5.41) is 0.534. The second kappa shape index (κ2) is 4.30. The average Bonchev–Trinajstić information content (AvgIpc) is 2.11. The molecule has 0 N–H and O–H groups in total. The quantitative estimate of drug-likeness (QED) is 0.525. The van der Waals surface area contributed by atoms with E-state index in [0.29, 0.717) is 5.03 Å². The van der Waals surface area contributed by atoms with E-state index in [1.54, 1.807) is 18.2 Å². The minimum atomic E-state index is -0.594. The molecule has 13 heavy (non-hydrogen) atoms. The smallest absolute Gasteiger partial charge is 0.209 e. The van der Waals surface area contributed by atoms with Gasteiger partial charge >= 0.3 is 0 Å². The van der Waals surface area contributed by atoms with E-state index in [1.807, 2.05) is 13.2 Å². The summed E-state index contributed by atoms with van der Waals surface area (Å²) in [6, 6.07) is 0. The van der Waals surface area contributed by atoms with Crippen LogP contribution in [0.4, 0.5) is 0 Å². The van der Waals surface area contributed by atoms with Gasteiger partial charge in [0.25, 0.3) is 0 Å². The summed E-state index contributed by atoms with van der Waals surface area (Å²) in [6.07, 6.45) is 8.77. The molecule has 0 fully saturated rings. The van der Waals surface area contributed by atoms with Gasteiger partial charge in [-0.3, -0.25) is 4.79 Å². The summed E-state index contributed by atoms with van der Waals surface area (Å²) < 4.78 is 0. The van der Waals surface area contributed by atoms with E-state index in [2.05, 4.69) is 0 Å². The van der Waals surface area contributed by atoms with Crippen molar-refractivity contribution in [2.24, 2.45) is 5.92 Å². The van der Waals surface area contributed by atoms with E-state index >= 15 is 0 Å². The summed E-state index contributed by atoms with van der Waals surface area (Å²) in [6.45, 7) is 2.04. The van der Waals surface area contributed by atoms with Gasteiger partial charge in [0.15, 0.2) is 0 Å². The second-order valence-electron chi connectivity index (χ2n) is 3.13. The molecule has 0 aliphatic heterocycles. The Balaban J connectivity index is 2.82. The van der Waals surface area contributed by atoms with Crippen LogP contribution >= 0.6 is 23.2 Å². The molecule has 0 bridgehead atoms. The standard InChI is InChI=1S/C10H11Cl2O/c1-2-4-10(12)5-3-8(7-13)6-9(10)11/h3,5-6,8H,2,4H2,1H3. The normalized spacial score (nSPS) is 32.8. The third-order valence-corrected chi connectivity index (χ3v) is 3.12. The molecule has 2 atom stereocenters. The first-order valence-electron chi connectivity index (χ1n) is 4.26. The number of hydrogen-bond acceptors (Lipinski definition) is 1. The molecule has 2 unspecified atom stereocenters. The van der Waals surface area contributed by atoms with Crippen molar-refractivity contribution in [3.63, 3.8) is 0 Å². The molecule has 0 aromatic carbocycles. The highest BCUT2D eigenvalue weighted by Crippen LogP contribution is 2.38. The van der Waals surface area contributed by atoms with Crippen LogP contribution in [0.3, 0.4) is 0 Å². The van der Waals surface area contributed by atoms with Crippen LogP contribution in [0, 0.1) is 5.92 Å². The van der Waals surface area contributed by atoms with Gasteiger partial charge in [-0.1, -0.05) is 43.2 Å². The maximum absolute atomic E-state index is 10.4. The van der Waals surface area contributed by atoms with Crippen molar-refractivity contribution in [2.75, 3.05) is 0 Å².